The monoisotopic (exact) mass is 173 g/mol. The fourth-order valence-electron chi connectivity index (χ4n) is 2.13. The van der Waals surface area contributed by atoms with Gasteiger partial charge in [0.25, 0.3) is 0 Å². The van der Waals surface area contributed by atoms with Gasteiger partial charge in [0.1, 0.15) is 0 Å². The highest BCUT2D eigenvalue weighted by Crippen LogP contribution is 2.41. The molecule has 0 spiro atoms. The van der Waals surface area contributed by atoms with Crippen molar-refractivity contribution in [3.8, 4) is 0 Å². The molecule has 0 saturated carbocycles. The van der Waals surface area contributed by atoms with Gasteiger partial charge in [0.2, 0.25) is 0 Å². The molecule has 2 unspecified atom stereocenters. The molecule has 2 N–H and O–H groups in total. The molecule has 11 heavy (non-hydrogen) atoms. The summed E-state index contributed by atoms with van der Waals surface area (Å²) < 4.78 is 0. The Balaban J connectivity index is 2.12. The van der Waals surface area contributed by atoms with Crippen molar-refractivity contribution in [2.24, 2.45) is 5.41 Å². The van der Waals surface area contributed by atoms with Crippen LogP contribution in [0.4, 0.5) is 0 Å². The molecule has 2 fully saturated rings. The van der Waals surface area contributed by atoms with Crippen LogP contribution in [0, 0.1) is 5.41 Å². The van der Waals surface area contributed by atoms with E-state index in [9.17, 15) is 5.11 Å². The molecule has 3 heteroatoms. The Bertz CT molecular complexity index is 153. The molecule has 0 aliphatic carbocycles. The van der Waals surface area contributed by atoms with Gasteiger partial charge in [-0.1, -0.05) is 0 Å². The maximum Gasteiger partial charge on any atom is 0.0510 e. The maximum atomic E-state index is 9.30. The van der Waals surface area contributed by atoms with Gasteiger partial charge in [-0.05, 0) is 19.4 Å². The first-order valence-electron chi connectivity index (χ1n) is 4.29. The molecule has 0 amide bonds. The summed E-state index contributed by atoms with van der Waals surface area (Å²) in [5.41, 5.74) is 0.239. The summed E-state index contributed by atoms with van der Waals surface area (Å²) in [6, 6.07) is 0.589. The van der Waals surface area contributed by atoms with Crippen molar-refractivity contribution in [2.45, 2.75) is 18.9 Å². The Morgan fingerprint density at radius 2 is 2.55 bits per heavy atom. The van der Waals surface area contributed by atoms with Crippen LogP contribution in [-0.2, 0) is 0 Å². The summed E-state index contributed by atoms with van der Waals surface area (Å²) >= 11 is 1.98. The summed E-state index contributed by atoms with van der Waals surface area (Å²) in [4.78, 5) is 0. The van der Waals surface area contributed by atoms with E-state index in [0.29, 0.717) is 12.6 Å². The van der Waals surface area contributed by atoms with Crippen LogP contribution in [0.5, 0.6) is 0 Å². The molecule has 0 radical (unpaired) electrons. The van der Waals surface area contributed by atoms with Crippen molar-refractivity contribution in [3.05, 3.63) is 0 Å². The number of rotatable bonds is 1. The molecular formula is C8H15NOS. The molecule has 64 valence electrons. The van der Waals surface area contributed by atoms with Gasteiger partial charge in [-0.25, -0.2) is 0 Å². The Hall–Kier alpha value is 0.270. The van der Waals surface area contributed by atoms with E-state index in [1.165, 1.54) is 18.6 Å². The Kier molecular flexibility index (Phi) is 2.12. The van der Waals surface area contributed by atoms with Gasteiger partial charge in [0.05, 0.1) is 6.61 Å². The van der Waals surface area contributed by atoms with Crippen LogP contribution >= 0.6 is 11.8 Å². The molecule has 2 rings (SSSR count). The third kappa shape index (κ3) is 1.19. The lowest BCUT2D eigenvalue weighted by molar-refractivity contribution is 0.0884. The number of piperidine rings is 1. The molecule has 0 bridgehead atoms. The van der Waals surface area contributed by atoms with E-state index < -0.39 is 0 Å². The van der Waals surface area contributed by atoms with Crippen LogP contribution in [0.2, 0.25) is 0 Å². The molecule has 2 saturated heterocycles. The van der Waals surface area contributed by atoms with E-state index in [4.69, 9.17) is 0 Å². The van der Waals surface area contributed by atoms with Gasteiger partial charge in [-0.3, -0.25) is 0 Å². The van der Waals surface area contributed by atoms with Gasteiger partial charge in [0.15, 0.2) is 0 Å². The topological polar surface area (TPSA) is 32.3 Å². The Morgan fingerprint density at radius 1 is 1.64 bits per heavy atom. The minimum absolute atomic E-state index is 0.239. The van der Waals surface area contributed by atoms with E-state index >= 15 is 0 Å². The second-order valence-corrected chi connectivity index (χ2v) is 4.68. The molecule has 0 aromatic heterocycles. The highest BCUT2D eigenvalue weighted by atomic mass is 32.2. The van der Waals surface area contributed by atoms with E-state index in [2.05, 4.69) is 5.32 Å². The zero-order valence-electron chi connectivity index (χ0n) is 6.68. The highest BCUT2D eigenvalue weighted by molar-refractivity contribution is 7.99. The fraction of sp³-hybridized carbons (Fsp3) is 1.00. The largest absolute Gasteiger partial charge is 0.396 e. The Labute approximate surface area is 71.7 Å². The lowest BCUT2D eigenvalue weighted by Crippen LogP contribution is -2.50. The van der Waals surface area contributed by atoms with Crippen molar-refractivity contribution in [2.75, 3.05) is 24.7 Å². The second-order valence-electron chi connectivity index (χ2n) is 3.65. The predicted octanol–water partition coefficient (Wildman–Crippen LogP) is 0.464. The first kappa shape index (κ1) is 7.90. The predicted molar refractivity (Wildman–Crippen MR) is 47.9 cm³/mol. The lowest BCUT2D eigenvalue weighted by Gasteiger charge is -2.37. The summed E-state index contributed by atoms with van der Waals surface area (Å²) in [5, 5.41) is 12.8. The Morgan fingerprint density at radius 3 is 3.27 bits per heavy atom. The van der Waals surface area contributed by atoms with E-state index in [-0.39, 0.29) is 5.41 Å². The smallest absolute Gasteiger partial charge is 0.0510 e. The third-order valence-corrected chi connectivity index (χ3v) is 4.32. The summed E-state index contributed by atoms with van der Waals surface area (Å²) in [7, 11) is 0. The molecule has 0 aromatic rings. The number of thioether (sulfide) groups is 1. The normalized spacial score (nSPS) is 43.9. The van der Waals surface area contributed by atoms with Crippen LogP contribution < -0.4 is 5.32 Å². The zero-order valence-corrected chi connectivity index (χ0v) is 7.49. The summed E-state index contributed by atoms with van der Waals surface area (Å²) in [6.45, 7) is 1.52. The number of aliphatic hydroxyl groups excluding tert-OH is 1. The number of fused-ring (bicyclic) bond motifs is 1. The van der Waals surface area contributed by atoms with Gasteiger partial charge in [-0.2, -0.15) is 11.8 Å². The lowest BCUT2D eigenvalue weighted by atomic mass is 9.77. The van der Waals surface area contributed by atoms with Crippen LogP contribution in [0.15, 0.2) is 0 Å². The zero-order chi connectivity index (χ0) is 7.73. The van der Waals surface area contributed by atoms with Crippen LogP contribution in [0.1, 0.15) is 12.8 Å². The first-order chi connectivity index (χ1) is 5.37. The average Bonchev–Trinajstić information content (AvgIpc) is 2.48. The minimum atomic E-state index is 0.239. The van der Waals surface area contributed by atoms with Crippen LogP contribution in [-0.4, -0.2) is 35.8 Å². The van der Waals surface area contributed by atoms with Gasteiger partial charge in [0, 0.05) is 23.0 Å². The van der Waals surface area contributed by atoms with Crippen molar-refractivity contribution in [1.82, 2.24) is 5.32 Å². The fourth-order valence-corrected chi connectivity index (χ4v) is 3.80. The van der Waals surface area contributed by atoms with Crippen LogP contribution in [0.25, 0.3) is 0 Å². The SMILES string of the molecule is OCC12CCCNC1CSC2. The van der Waals surface area contributed by atoms with E-state index in [1.54, 1.807) is 0 Å². The molecule has 2 aliphatic rings. The van der Waals surface area contributed by atoms with Crippen molar-refractivity contribution in [1.29, 1.82) is 0 Å². The molecule has 0 aromatic carbocycles. The van der Waals surface area contributed by atoms with Gasteiger partial charge < -0.3 is 10.4 Å². The van der Waals surface area contributed by atoms with Crippen molar-refractivity contribution in [3.63, 3.8) is 0 Å². The molecule has 2 atom stereocenters. The van der Waals surface area contributed by atoms with Gasteiger partial charge >= 0.3 is 0 Å². The van der Waals surface area contributed by atoms with E-state index in [1.807, 2.05) is 11.8 Å². The molecular weight excluding hydrogens is 158 g/mol. The molecule has 2 heterocycles. The first-order valence-corrected chi connectivity index (χ1v) is 5.45. The minimum Gasteiger partial charge on any atom is -0.396 e. The van der Waals surface area contributed by atoms with Crippen molar-refractivity contribution >= 4 is 11.8 Å². The highest BCUT2D eigenvalue weighted by Gasteiger charge is 2.44. The summed E-state index contributed by atoms with van der Waals surface area (Å²) in [6.07, 6.45) is 2.45. The third-order valence-electron chi connectivity index (χ3n) is 2.97. The molecule has 2 aliphatic heterocycles. The van der Waals surface area contributed by atoms with Crippen LogP contribution in [0.3, 0.4) is 0 Å². The summed E-state index contributed by atoms with van der Waals surface area (Å²) in [5.74, 6) is 2.35. The average molecular weight is 173 g/mol. The maximum absolute atomic E-state index is 9.30. The van der Waals surface area contributed by atoms with Gasteiger partial charge in [-0.15, -0.1) is 0 Å². The number of aliphatic hydroxyl groups is 1. The number of hydrogen-bond donors (Lipinski definition) is 2. The van der Waals surface area contributed by atoms with E-state index in [0.717, 1.165) is 12.3 Å². The standard InChI is InChI=1S/C8H15NOS/c10-5-8-2-1-3-9-7(8)4-11-6-8/h7,9-10H,1-6H2. The number of hydrogen-bond acceptors (Lipinski definition) is 3. The number of nitrogens with one attached hydrogen (secondary N) is 1. The van der Waals surface area contributed by atoms with Crippen molar-refractivity contribution < 1.29 is 5.11 Å². The quantitative estimate of drug-likeness (QED) is 0.604. The second kappa shape index (κ2) is 2.96. The molecule has 2 nitrogen and oxygen atoms in total.